The van der Waals surface area contributed by atoms with Crippen molar-refractivity contribution in [2.45, 2.75) is 24.2 Å². The molecule has 0 bridgehead atoms. The van der Waals surface area contributed by atoms with Gasteiger partial charge in [-0.05, 0) is 42.8 Å². The summed E-state index contributed by atoms with van der Waals surface area (Å²) in [5, 5.41) is 2.02. The van der Waals surface area contributed by atoms with Gasteiger partial charge in [0.2, 0.25) is 0 Å². The zero-order valence-electron chi connectivity index (χ0n) is 15.6. The van der Waals surface area contributed by atoms with E-state index in [-0.39, 0.29) is 12.2 Å². The van der Waals surface area contributed by atoms with Crippen LogP contribution in [0.25, 0.3) is 5.65 Å². The maximum atomic E-state index is 12.3. The van der Waals surface area contributed by atoms with Crippen molar-refractivity contribution in [2.75, 3.05) is 0 Å². The lowest BCUT2D eigenvalue weighted by Crippen LogP contribution is -2.17. The summed E-state index contributed by atoms with van der Waals surface area (Å²) >= 11 is 3.23. The number of nitrogens with zero attached hydrogens (tertiary/aromatic N) is 3. The van der Waals surface area contributed by atoms with E-state index in [2.05, 4.69) is 9.97 Å². The van der Waals surface area contributed by atoms with E-state index in [1.807, 2.05) is 36.0 Å². The summed E-state index contributed by atoms with van der Waals surface area (Å²) in [4.78, 5) is 34.3. The van der Waals surface area contributed by atoms with Gasteiger partial charge in [-0.25, -0.2) is 14.8 Å². The van der Waals surface area contributed by atoms with Gasteiger partial charge in [-0.15, -0.1) is 23.1 Å². The summed E-state index contributed by atoms with van der Waals surface area (Å²) in [6.45, 7) is 1.82. The van der Waals surface area contributed by atoms with Gasteiger partial charge in [-0.3, -0.25) is 9.20 Å². The zero-order chi connectivity index (χ0) is 20.2. The van der Waals surface area contributed by atoms with E-state index >= 15 is 0 Å². The highest BCUT2D eigenvalue weighted by Crippen LogP contribution is 2.23. The smallest absolute Gasteiger partial charge is 0.338 e. The Kier molecular flexibility index (Phi) is 5.73. The third-order valence-corrected chi connectivity index (χ3v) is 5.93. The van der Waals surface area contributed by atoms with Crippen LogP contribution >= 0.6 is 23.1 Å². The van der Waals surface area contributed by atoms with Gasteiger partial charge in [0.15, 0.2) is 0 Å². The molecule has 0 saturated heterocycles. The topological polar surface area (TPSA) is 73.6 Å². The molecular weight excluding hydrogens is 406 g/mol. The van der Waals surface area contributed by atoms with E-state index in [9.17, 15) is 9.59 Å². The number of rotatable bonds is 6. The van der Waals surface area contributed by atoms with Crippen molar-refractivity contribution in [2.24, 2.45) is 0 Å². The van der Waals surface area contributed by atoms with Crippen molar-refractivity contribution >= 4 is 34.7 Å². The monoisotopic (exact) mass is 423 g/mol. The molecule has 0 N–H and O–H groups in total. The first-order valence-electron chi connectivity index (χ1n) is 8.85. The molecule has 3 heterocycles. The fourth-order valence-corrected chi connectivity index (χ4v) is 4.22. The molecule has 0 spiro atoms. The maximum Gasteiger partial charge on any atom is 0.338 e. The average Bonchev–Trinajstić information content (AvgIpc) is 3.25. The Labute approximate surface area is 175 Å². The minimum absolute atomic E-state index is 0.0563. The molecule has 4 aromatic rings. The summed E-state index contributed by atoms with van der Waals surface area (Å²) in [6.07, 6.45) is 1.67. The first-order chi connectivity index (χ1) is 14.1. The van der Waals surface area contributed by atoms with Gasteiger partial charge in [0, 0.05) is 28.3 Å². The standard InChI is InChI=1S/C21H17N3O3S2/c1-14-3-2-8-24-19(25)9-16(23-20(14)24)10-27-21(26)15-4-6-18(7-5-15)29-12-17-11-28-13-22-17/h2-9,11,13H,10,12H2,1H3. The van der Waals surface area contributed by atoms with Crippen LogP contribution in [0.2, 0.25) is 0 Å². The molecule has 0 aliphatic heterocycles. The fraction of sp³-hybridized carbons (Fsp3) is 0.143. The first kappa shape index (κ1) is 19.4. The number of esters is 1. The number of thioether (sulfide) groups is 1. The van der Waals surface area contributed by atoms with Gasteiger partial charge in [0.25, 0.3) is 5.56 Å². The fourth-order valence-electron chi connectivity index (χ4n) is 2.76. The molecule has 6 nitrogen and oxygen atoms in total. The molecule has 0 amide bonds. The summed E-state index contributed by atoms with van der Waals surface area (Å²) in [6, 6.07) is 12.3. The van der Waals surface area contributed by atoms with E-state index in [0.717, 1.165) is 21.9 Å². The van der Waals surface area contributed by atoms with E-state index in [4.69, 9.17) is 4.74 Å². The minimum Gasteiger partial charge on any atom is -0.456 e. The van der Waals surface area contributed by atoms with Gasteiger partial charge in [0.1, 0.15) is 12.3 Å². The van der Waals surface area contributed by atoms with E-state index in [0.29, 0.717) is 16.9 Å². The van der Waals surface area contributed by atoms with Crippen LogP contribution in [0.15, 0.2) is 69.2 Å². The van der Waals surface area contributed by atoms with Crippen LogP contribution in [-0.2, 0) is 17.1 Å². The molecule has 0 radical (unpaired) electrons. The van der Waals surface area contributed by atoms with E-state index < -0.39 is 5.97 Å². The summed E-state index contributed by atoms with van der Waals surface area (Å²) < 4.78 is 6.83. The third-order valence-electron chi connectivity index (χ3n) is 4.25. The predicted molar refractivity (Wildman–Crippen MR) is 113 cm³/mol. The molecule has 0 unspecified atom stereocenters. The molecular formula is C21H17N3O3S2. The quantitative estimate of drug-likeness (QED) is 0.343. The number of aryl methyl sites for hydroxylation is 1. The zero-order valence-corrected chi connectivity index (χ0v) is 17.2. The number of aromatic nitrogens is 3. The second kappa shape index (κ2) is 8.59. The molecule has 0 aliphatic rings. The Hall–Kier alpha value is -2.97. The molecule has 0 saturated carbocycles. The summed E-state index contributed by atoms with van der Waals surface area (Å²) in [7, 11) is 0. The van der Waals surface area contributed by atoms with E-state index in [1.54, 1.807) is 47.5 Å². The lowest BCUT2D eigenvalue weighted by molar-refractivity contribution is 0.0467. The van der Waals surface area contributed by atoms with Crippen molar-refractivity contribution in [3.8, 4) is 0 Å². The maximum absolute atomic E-state index is 12.3. The molecule has 0 fully saturated rings. The predicted octanol–water partition coefficient (Wildman–Crippen LogP) is 4.11. The molecule has 4 rings (SSSR count). The van der Waals surface area contributed by atoms with Gasteiger partial charge < -0.3 is 4.74 Å². The lowest BCUT2D eigenvalue weighted by atomic mass is 10.2. The molecule has 0 atom stereocenters. The number of carbonyl (C=O) groups excluding carboxylic acids is 1. The molecule has 1 aromatic carbocycles. The second-order valence-corrected chi connectivity index (χ2v) is 8.11. The Morgan fingerprint density at radius 2 is 2.03 bits per heavy atom. The van der Waals surface area contributed by atoms with E-state index in [1.165, 1.54) is 10.5 Å². The van der Waals surface area contributed by atoms with Crippen molar-refractivity contribution in [3.05, 3.63) is 92.4 Å². The third kappa shape index (κ3) is 4.55. The largest absolute Gasteiger partial charge is 0.456 e. The van der Waals surface area contributed by atoms with Gasteiger partial charge in [-0.2, -0.15) is 0 Å². The summed E-state index contributed by atoms with van der Waals surface area (Å²) in [5.74, 6) is 0.337. The number of pyridine rings is 1. The number of fused-ring (bicyclic) bond motifs is 1. The second-order valence-electron chi connectivity index (χ2n) is 6.34. The number of hydrogen-bond donors (Lipinski definition) is 0. The number of benzene rings is 1. The first-order valence-corrected chi connectivity index (χ1v) is 10.8. The molecule has 3 aromatic heterocycles. The van der Waals surface area contributed by atoms with Gasteiger partial charge >= 0.3 is 5.97 Å². The van der Waals surface area contributed by atoms with Crippen molar-refractivity contribution < 1.29 is 9.53 Å². The normalized spacial score (nSPS) is 10.9. The highest BCUT2D eigenvalue weighted by molar-refractivity contribution is 7.98. The SMILES string of the molecule is Cc1cccn2c(=O)cc(COC(=O)c3ccc(SCc4cscn4)cc3)nc12. The number of hydrogen-bond acceptors (Lipinski definition) is 7. The molecule has 146 valence electrons. The number of thiazole rings is 1. The van der Waals surface area contributed by atoms with Crippen LogP contribution in [0.5, 0.6) is 0 Å². The van der Waals surface area contributed by atoms with Gasteiger partial charge in [-0.1, -0.05) is 6.07 Å². The van der Waals surface area contributed by atoms with Crippen molar-refractivity contribution in [3.63, 3.8) is 0 Å². The van der Waals surface area contributed by atoms with Gasteiger partial charge in [0.05, 0.1) is 22.5 Å². The highest BCUT2D eigenvalue weighted by atomic mass is 32.2. The average molecular weight is 424 g/mol. The van der Waals surface area contributed by atoms with Crippen LogP contribution in [-0.4, -0.2) is 20.3 Å². The Balaban J connectivity index is 1.40. The molecule has 0 aliphatic carbocycles. The lowest BCUT2D eigenvalue weighted by Gasteiger charge is -2.08. The minimum atomic E-state index is -0.451. The number of ether oxygens (including phenoxy) is 1. The van der Waals surface area contributed by atoms with Crippen molar-refractivity contribution in [1.82, 2.24) is 14.4 Å². The highest BCUT2D eigenvalue weighted by Gasteiger charge is 2.10. The Morgan fingerprint density at radius 3 is 2.79 bits per heavy atom. The van der Waals surface area contributed by atoms with Crippen LogP contribution in [0.4, 0.5) is 0 Å². The summed E-state index contributed by atoms with van der Waals surface area (Å²) in [5.41, 5.74) is 4.97. The van der Waals surface area contributed by atoms with Crippen LogP contribution in [0.3, 0.4) is 0 Å². The molecule has 29 heavy (non-hydrogen) atoms. The van der Waals surface area contributed by atoms with Crippen LogP contribution in [0.1, 0.15) is 27.3 Å². The number of carbonyl (C=O) groups is 1. The Bertz CT molecular complexity index is 1200. The van der Waals surface area contributed by atoms with Crippen LogP contribution < -0.4 is 5.56 Å². The van der Waals surface area contributed by atoms with Crippen molar-refractivity contribution in [1.29, 1.82) is 0 Å². The Morgan fingerprint density at radius 1 is 1.21 bits per heavy atom. The van der Waals surface area contributed by atoms with Crippen LogP contribution in [0, 0.1) is 6.92 Å². The molecule has 8 heteroatoms.